The fourth-order valence-corrected chi connectivity index (χ4v) is 2.02. The molecule has 0 spiro atoms. The average Bonchev–Trinajstić information content (AvgIpc) is 2.38. The van der Waals surface area contributed by atoms with Gasteiger partial charge in [-0.1, -0.05) is 12.1 Å². The summed E-state index contributed by atoms with van der Waals surface area (Å²) in [5.74, 6) is 0.874. The van der Waals surface area contributed by atoms with Gasteiger partial charge in [-0.2, -0.15) is 0 Å². The monoisotopic (exact) mass is 281 g/mol. The van der Waals surface area contributed by atoms with E-state index in [1.54, 1.807) is 14.0 Å². The Morgan fingerprint density at radius 2 is 1.80 bits per heavy atom. The maximum atomic E-state index is 9.54. The largest absolute Gasteiger partial charge is 0.487 e. The first-order valence-corrected chi connectivity index (χ1v) is 7.10. The van der Waals surface area contributed by atoms with Gasteiger partial charge in [0.15, 0.2) is 0 Å². The van der Waals surface area contributed by atoms with Crippen LogP contribution in [0.5, 0.6) is 5.75 Å². The van der Waals surface area contributed by atoms with E-state index in [1.807, 2.05) is 20.8 Å². The Morgan fingerprint density at radius 3 is 2.30 bits per heavy atom. The van der Waals surface area contributed by atoms with Crippen molar-refractivity contribution in [2.75, 3.05) is 20.3 Å². The van der Waals surface area contributed by atoms with Crippen molar-refractivity contribution in [2.45, 2.75) is 46.4 Å². The molecule has 0 aliphatic heterocycles. The third-order valence-electron chi connectivity index (χ3n) is 3.32. The summed E-state index contributed by atoms with van der Waals surface area (Å²) in [5.41, 5.74) is 3.43. The number of aryl methyl sites for hydroxylation is 2. The molecule has 2 atom stereocenters. The fourth-order valence-electron chi connectivity index (χ4n) is 2.02. The third kappa shape index (κ3) is 5.12. The molecule has 0 heterocycles. The zero-order valence-corrected chi connectivity index (χ0v) is 13.2. The second kappa shape index (κ2) is 8.25. The summed E-state index contributed by atoms with van der Waals surface area (Å²) in [6.45, 7) is 10.1. The molecular formula is C16H27NO3. The van der Waals surface area contributed by atoms with E-state index in [1.165, 1.54) is 5.56 Å². The maximum Gasteiger partial charge on any atom is 0.125 e. The first-order valence-electron chi connectivity index (χ1n) is 7.10. The summed E-state index contributed by atoms with van der Waals surface area (Å²) in [6.07, 6.45) is -0.692. The Labute approximate surface area is 122 Å². The molecule has 1 rings (SSSR count). The molecule has 0 saturated carbocycles. The average molecular weight is 281 g/mol. The Bertz CT molecular complexity index is 395. The molecule has 0 aliphatic rings. The number of aliphatic hydroxyl groups is 1. The molecule has 2 unspecified atom stereocenters. The predicted molar refractivity (Wildman–Crippen MR) is 81.3 cm³/mol. The summed E-state index contributed by atoms with van der Waals surface area (Å²) in [4.78, 5) is 0. The molecule has 4 heteroatoms. The predicted octanol–water partition coefficient (Wildman–Crippen LogP) is 2.19. The standard InChI is InChI=1S/C16H27NO3/c1-11-8-15(10-17-6-7-19-5)9-12(2)16(11)20-14(4)13(3)18/h8-9,13-14,17-18H,6-7,10H2,1-5H3. The number of aliphatic hydroxyl groups excluding tert-OH is 1. The molecule has 0 saturated heterocycles. The number of hydrogen-bond acceptors (Lipinski definition) is 4. The van der Waals surface area contributed by atoms with Crippen LogP contribution in [0.1, 0.15) is 30.5 Å². The summed E-state index contributed by atoms with van der Waals surface area (Å²) >= 11 is 0. The van der Waals surface area contributed by atoms with Gasteiger partial charge in [0.1, 0.15) is 11.9 Å². The van der Waals surface area contributed by atoms with Crippen LogP contribution in [0.15, 0.2) is 12.1 Å². The van der Waals surface area contributed by atoms with Crippen molar-refractivity contribution in [1.82, 2.24) is 5.32 Å². The topological polar surface area (TPSA) is 50.7 Å². The molecule has 0 bridgehead atoms. The quantitative estimate of drug-likeness (QED) is 0.717. The second-order valence-corrected chi connectivity index (χ2v) is 5.29. The number of benzene rings is 1. The Hall–Kier alpha value is -1.10. The lowest BCUT2D eigenvalue weighted by Crippen LogP contribution is -2.26. The van der Waals surface area contributed by atoms with Crippen molar-refractivity contribution in [3.8, 4) is 5.75 Å². The van der Waals surface area contributed by atoms with Crippen LogP contribution >= 0.6 is 0 Å². The van der Waals surface area contributed by atoms with E-state index < -0.39 is 6.10 Å². The van der Waals surface area contributed by atoms with E-state index in [0.29, 0.717) is 6.61 Å². The lowest BCUT2D eigenvalue weighted by molar-refractivity contribution is 0.0595. The number of rotatable bonds is 8. The first-order chi connectivity index (χ1) is 9.45. The molecule has 20 heavy (non-hydrogen) atoms. The first kappa shape index (κ1) is 17.0. The van der Waals surface area contributed by atoms with Gasteiger partial charge in [0, 0.05) is 20.2 Å². The number of ether oxygens (including phenoxy) is 2. The van der Waals surface area contributed by atoms with Gasteiger partial charge in [-0.25, -0.2) is 0 Å². The normalized spacial score (nSPS) is 14.1. The molecule has 0 aliphatic carbocycles. The third-order valence-corrected chi connectivity index (χ3v) is 3.32. The summed E-state index contributed by atoms with van der Waals surface area (Å²) in [7, 11) is 1.70. The zero-order chi connectivity index (χ0) is 15.1. The Morgan fingerprint density at radius 1 is 1.20 bits per heavy atom. The molecule has 2 N–H and O–H groups in total. The fraction of sp³-hybridized carbons (Fsp3) is 0.625. The van der Waals surface area contributed by atoms with E-state index in [-0.39, 0.29) is 6.10 Å². The number of nitrogens with one attached hydrogen (secondary N) is 1. The van der Waals surface area contributed by atoms with Crippen LogP contribution in [0.4, 0.5) is 0 Å². The zero-order valence-electron chi connectivity index (χ0n) is 13.2. The summed E-state index contributed by atoms with van der Waals surface area (Å²) in [6, 6.07) is 4.24. The van der Waals surface area contributed by atoms with Crippen LogP contribution in [0.25, 0.3) is 0 Å². The lowest BCUT2D eigenvalue weighted by Gasteiger charge is -2.21. The lowest BCUT2D eigenvalue weighted by atomic mass is 10.1. The van der Waals surface area contributed by atoms with Crippen LogP contribution in [0, 0.1) is 13.8 Å². The van der Waals surface area contributed by atoms with Crippen LogP contribution in [-0.2, 0) is 11.3 Å². The molecule has 1 aromatic rings. The summed E-state index contributed by atoms with van der Waals surface area (Å²) in [5, 5.41) is 12.9. The van der Waals surface area contributed by atoms with E-state index in [9.17, 15) is 5.11 Å². The molecule has 0 amide bonds. The van der Waals surface area contributed by atoms with Crippen LogP contribution < -0.4 is 10.1 Å². The van der Waals surface area contributed by atoms with Crippen molar-refractivity contribution in [3.05, 3.63) is 28.8 Å². The van der Waals surface area contributed by atoms with Crippen LogP contribution in [0.2, 0.25) is 0 Å². The van der Waals surface area contributed by atoms with Gasteiger partial charge in [0.25, 0.3) is 0 Å². The second-order valence-electron chi connectivity index (χ2n) is 5.29. The minimum Gasteiger partial charge on any atom is -0.487 e. The smallest absolute Gasteiger partial charge is 0.125 e. The highest BCUT2D eigenvalue weighted by atomic mass is 16.5. The molecule has 1 aromatic carbocycles. The van der Waals surface area contributed by atoms with E-state index in [4.69, 9.17) is 9.47 Å². The van der Waals surface area contributed by atoms with Gasteiger partial charge in [-0.05, 0) is 44.4 Å². The molecule has 0 radical (unpaired) electrons. The van der Waals surface area contributed by atoms with Gasteiger partial charge in [0.05, 0.1) is 12.7 Å². The molecule has 0 aromatic heterocycles. The van der Waals surface area contributed by atoms with E-state index in [2.05, 4.69) is 17.4 Å². The number of hydrogen-bond donors (Lipinski definition) is 2. The Balaban J connectivity index is 2.71. The van der Waals surface area contributed by atoms with E-state index in [0.717, 1.165) is 30.0 Å². The van der Waals surface area contributed by atoms with Gasteiger partial charge >= 0.3 is 0 Å². The van der Waals surface area contributed by atoms with Crippen LogP contribution in [-0.4, -0.2) is 37.6 Å². The van der Waals surface area contributed by atoms with Crippen molar-refractivity contribution < 1.29 is 14.6 Å². The highest BCUT2D eigenvalue weighted by Crippen LogP contribution is 2.26. The maximum absolute atomic E-state index is 9.54. The minimum absolute atomic E-state index is 0.210. The summed E-state index contributed by atoms with van der Waals surface area (Å²) < 4.78 is 10.9. The van der Waals surface area contributed by atoms with Crippen LogP contribution in [0.3, 0.4) is 0 Å². The number of methoxy groups -OCH3 is 1. The SMILES string of the molecule is COCCNCc1cc(C)c(OC(C)C(C)O)c(C)c1. The van der Waals surface area contributed by atoms with Gasteiger partial charge in [-0.3, -0.25) is 0 Å². The van der Waals surface area contributed by atoms with Crippen molar-refractivity contribution >= 4 is 0 Å². The van der Waals surface area contributed by atoms with Gasteiger partial charge in [-0.15, -0.1) is 0 Å². The molecule has 114 valence electrons. The van der Waals surface area contributed by atoms with Crippen molar-refractivity contribution in [3.63, 3.8) is 0 Å². The van der Waals surface area contributed by atoms with Gasteiger partial charge in [0.2, 0.25) is 0 Å². The van der Waals surface area contributed by atoms with Gasteiger partial charge < -0.3 is 19.9 Å². The highest BCUT2D eigenvalue weighted by Gasteiger charge is 2.14. The molecular weight excluding hydrogens is 254 g/mol. The van der Waals surface area contributed by atoms with Crippen molar-refractivity contribution in [2.24, 2.45) is 0 Å². The highest BCUT2D eigenvalue weighted by molar-refractivity contribution is 5.43. The van der Waals surface area contributed by atoms with E-state index >= 15 is 0 Å². The van der Waals surface area contributed by atoms with Crippen molar-refractivity contribution in [1.29, 1.82) is 0 Å². The Kier molecular flexibility index (Phi) is 6.99. The molecule has 0 fully saturated rings. The minimum atomic E-state index is -0.482. The molecule has 4 nitrogen and oxygen atoms in total.